The maximum absolute atomic E-state index is 13.2. The van der Waals surface area contributed by atoms with Crippen molar-refractivity contribution in [3.63, 3.8) is 0 Å². The van der Waals surface area contributed by atoms with E-state index in [4.69, 9.17) is 14.7 Å². The number of ether oxygens (including phenoxy) is 1. The number of carbonyl (C=O) groups excluding carboxylic acids is 1. The summed E-state index contributed by atoms with van der Waals surface area (Å²) in [5, 5.41) is 10.6. The van der Waals surface area contributed by atoms with E-state index < -0.39 is 5.41 Å². The summed E-state index contributed by atoms with van der Waals surface area (Å²) in [6, 6.07) is 61.1. The van der Waals surface area contributed by atoms with Crippen LogP contribution in [0.5, 0.6) is 0 Å². The summed E-state index contributed by atoms with van der Waals surface area (Å²) in [6.07, 6.45) is 9.90. The molecule has 0 aliphatic rings. The molecule has 9 aromatic rings. The van der Waals surface area contributed by atoms with Gasteiger partial charge in [0.05, 0.1) is 57.0 Å². The molecule has 6 aromatic heterocycles. The molecule has 68 heavy (non-hydrogen) atoms. The predicted molar refractivity (Wildman–Crippen MR) is 269 cm³/mol. The lowest BCUT2D eigenvalue weighted by molar-refractivity contribution is -0.145. The second-order valence-corrected chi connectivity index (χ2v) is 17.2. The zero-order valence-corrected chi connectivity index (χ0v) is 37.8. The van der Waals surface area contributed by atoms with Crippen LogP contribution in [0.4, 0.5) is 0 Å². The number of esters is 1. The summed E-state index contributed by atoms with van der Waals surface area (Å²) >= 11 is 0. The van der Waals surface area contributed by atoms with E-state index in [-0.39, 0.29) is 26.3 Å². The van der Waals surface area contributed by atoms with Crippen molar-refractivity contribution in [2.45, 2.75) is 51.6 Å². The smallest absolute Gasteiger partial charge is 0.306 e. The fraction of sp³-hybridized carbons (Fsp3) is 0.153. The predicted octanol–water partition coefficient (Wildman–Crippen LogP) is 13.5. The highest BCUT2D eigenvalue weighted by Crippen LogP contribution is 2.39. The van der Waals surface area contributed by atoms with Gasteiger partial charge >= 0.3 is 5.97 Å². The Morgan fingerprint density at radius 1 is 0.544 bits per heavy atom. The molecule has 9 rings (SSSR count). The highest BCUT2D eigenvalue weighted by atomic mass is 16.5. The van der Waals surface area contributed by atoms with Crippen molar-refractivity contribution in [2.24, 2.45) is 5.41 Å². The van der Waals surface area contributed by atoms with Crippen LogP contribution < -0.4 is 0 Å². The largest absolute Gasteiger partial charge is 0.461 e. The van der Waals surface area contributed by atoms with E-state index in [0.29, 0.717) is 12.8 Å². The summed E-state index contributed by atoms with van der Waals surface area (Å²) in [6.45, 7) is 2.11. The van der Waals surface area contributed by atoms with Crippen LogP contribution >= 0.6 is 0 Å². The Balaban J connectivity index is 0.00000642. The molecule has 9 heteroatoms. The number of rotatable bonds is 17. The Morgan fingerprint density at radius 2 is 0.971 bits per heavy atom. The topological polar surface area (TPSA) is 127 Å². The number of nitriles is 1. The molecule has 0 saturated carbocycles. The van der Waals surface area contributed by atoms with Gasteiger partial charge in [0.15, 0.2) is 0 Å². The fourth-order valence-electron chi connectivity index (χ4n) is 8.45. The first-order valence-corrected chi connectivity index (χ1v) is 22.9. The van der Waals surface area contributed by atoms with Crippen LogP contribution in [0.2, 0.25) is 0 Å². The number of pyridine rings is 6. The molecule has 0 fully saturated rings. The lowest BCUT2D eigenvalue weighted by Crippen LogP contribution is -2.21. The summed E-state index contributed by atoms with van der Waals surface area (Å²) in [7, 11) is 0. The molecule has 0 saturated heterocycles. The number of benzene rings is 3. The van der Waals surface area contributed by atoms with Crippen LogP contribution in [-0.2, 0) is 22.6 Å². The third-order valence-electron chi connectivity index (χ3n) is 12.2. The average Bonchev–Trinajstić information content (AvgIpc) is 3.42. The van der Waals surface area contributed by atoms with Gasteiger partial charge in [-0.15, -0.1) is 0 Å². The summed E-state index contributed by atoms with van der Waals surface area (Å²) < 4.78 is 5.78. The van der Waals surface area contributed by atoms with Gasteiger partial charge in [-0.3, -0.25) is 24.7 Å². The molecule has 9 nitrogen and oxygen atoms in total. The fourth-order valence-corrected chi connectivity index (χ4v) is 8.45. The normalized spacial score (nSPS) is 12.4. The Morgan fingerprint density at radius 3 is 1.38 bits per heavy atom. The first kappa shape index (κ1) is 44.7. The highest BCUT2D eigenvalue weighted by molar-refractivity contribution is 5.76. The Hall–Kier alpha value is -8.48. The number of hydrogen-bond acceptors (Lipinski definition) is 9. The lowest BCUT2D eigenvalue weighted by Gasteiger charge is -2.28. The minimum absolute atomic E-state index is 0. The van der Waals surface area contributed by atoms with Gasteiger partial charge in [-0.2, -0.15) is 5.26 Å². The third-order valence-corrected chi connectivity index (χ3v) is 12.2. The van der Waals surface area contributed by atoms with Crippen LogP contribution in [0.3, 0.4) is 0 Å². The van der Waals surface area contributed by atoms with Crippen molar-refractivity contribution < 1.29 is 11.0 Å². The minimum atomic E-state index is -0.740. The monoisotopic (exact) mass is 889 g/mol. The van der Waals surface area contributed by atoms with Crippen molar-refractivity contribution in [1.82, 2.24) is 29.9 Å². The van der Waals surface area contributed by atoms with Crippen molar-refractivity contribution in [2.75, 3.05) is 0 Å². The molecule has 0 amide bonds. The zero-order valence-electron chi connectivity index (χ0n) is 37.8. The number of aryl methyl sites for hydroxylation is 1. The van der Waals surface area contributed by atoms with Gasteiger partial charge in [-0.25, -0.2) is 9.97 Å². The van der Waals surface area contributed by atoms with Crippen LogP contribution in [0.25, 0.3) is 67.8 Å². The van der Waals surface area contributed by atoms with Gasteiger partial charge < -0.3 is 4.74 Å². The van der Waals surface area contributed by atoms with Crippen molar-refractivity contribution in [1.29, 1.82) is 5.26 Å². The quantitative estimate of drug-likeness (QED) is 0.0821. The van der Waals surface area contributed by atoms with Crippen molar-refractivity contribution in [3.8, 4) is 73.9 Å². The number of hydrogen-bond donors (Lipinski definition) is 0. The van der Waals surface area contributed by atoms with Crippen LogP contribution in [0.1, 0.15) is 56.6 Å². The molecule has 0 N–H and O–H groups in total. The second kappa shape index (κ2) is 21.2. The molecule has 6 heterocycles. The van der Waals surface area contributed by atoms with E-state index in [2.05, 4.69) is 74.5 Å². The molecule has 2 atom stereocenters. The molecule has 0 aliphatic carbocycles. The van der Waals surface area contributed by atoms with Crippen LogP contribution in [0.15, 0.2) is 201 Å². The SMILES string of the molecule is CC(C#N)(CCC(=O)OCc1ccc(-c2cc(-c3ccccn3)nc(-c3ccccn3)c2)cc1)CC(CCc1ccc(-c2cc(-c3ccccn3)nc(-c3ccccn3)c2)cc1)c1ccccc1.[HH]. The average molecular weight is 890 g/mol. The van der Waals surface area contributed by atoms with Gasteiger partial charge in [-0.05, 0) is 150 Å². The first-order chi connectivity index (χ1) is 33.4. The summed E-state index contributed by atoms with van der Waals surface area (Å²) in [4.78, 5) is 41.2. The maximum atomic E-state index is 13.2. The van der Waals surface area contributed by atoms with Crippen LogP contribution in [-0.4, -0.2) is 35.9 Å². The summed E-state index contributed by atoms with van der Waals surface area (Å²) in [5.41, 5.74) is 12.8. The van der Waals surface area contributed by atoms with Gasteiger partial charge in [0.25, 0.3) is 0 Å². The molecule has 0 aliphatic heterocycles. The third kappa shape index (κ3) is 11.3. The van der Waals surface area contributed by atoms with E-state index in [1.165, 1.54) is 11.1 Å². The minimum Gasteiger partial charge on any atom is -0.461 e. The molecule has 3 aromatic carbocycles. The number of aromatic nitrogens is 6. The Kier molecular flexibility index (Phi) is 14.0. The Bertz CT molecular complexity index is 3010. The molecule has 0 radical (unpaired) electrons. The molecular weight excluding hydrogens is 839 g/mol. The van der Waals surface area contributed by atoms with E-state index >= 15 is 0 Å². The van der Waals surface area contributed by atoms with Gasteiger partial charge in [0.2, 0.25) is 0 Å². The lowest BCUT2D eigenvalue weighted by atomic mass is 9.75. The van der Waals surface area contributed by atoms with E-state index in [1.54, 1.807) is 24.8 Å². The summed E-state index contributed by atoms with van der Waals surface area (Å²) in [5.74, 6) is -0.216. The van der Waals surface area contributed by atoms with Crippen molar-refractivity contribution in [3.05, 3.63) is 217 Å². The highest BCUT2D eigenvalue weighted by Gasteiger charge is 2.30. The van der Waals surface area contributed by atoms with E-state index in [9.17, 15) is 10.1 Å². The number of carbonyl (C=O) groups is 1. The Labute approximate surface area is 398 Å². The maximum Gasteiger partial charge on any atom is 0.306 e. The molecule has 0 spiro atoms. The zero-order chi connectivity index (χ0) is 46.5. The van der Waals surface area contributed by atoms with Gasteiger partial charge in [0.1, 0.15) is 6.61 Å². The van der Waals surface area contributed by atoms with E-state index in [0.717, 1.165) is 86.2 Å². The molecule has 0 bridgehead atoms. The molecule has 2 unspecified atom stereocenters. The van der Waals surface area contributed by atoms with Crippen LogP contribution in [0, 0.1) is 16.7 Å². The number of nitrogens with zero attached hydrogens (tertiary/aromatic N) is 7. The second-order valence-electron chi connectivity index (χ2n) is 17.2. The van der Waals surface area contributed by atoms with Gasteiger partial charge in [0, 0.05) is 32.6 Å². The first-order valence-electron chi connectivity index (χ1n) is 22.9. The molecular formula is C59H51N7O2. The molecule has 334 valence electrons. The van der Waals surface area contributed by atoms with Gasteiger partial charge in [-0.1, -0.05) is 103 Å². The van der Waals surface area contributed by atoms with E-state index in [1.807, 2.05) is 134 Å². The van der Waals surface area contributed by atoms with Crippen molar-refractivity contribution >= 4 is 5.97 Å². The standard InChI is InChI=1S/C59H49N7O2.H2/c1-59(41-60,30-29-58(67)68-40-43-22-26-46(27-23-43)49-37-56(52-17-7-11-33-63-52)66-57(38-49)53-18-8-12-34-64-53)39-47(44-13-3-2-4-14-44)28-21-42-19-24-45(25-20-42)48-35-54(50-15-5-9-31-61-50)65-55(36-48)51-16-6-10-32-62-51;/h2-20,22-27,31-38,47H,21,28-30,39-40H2,1H3;1H.